The van der Waals surface area contributed by atoms with Crippen LogP contribution in [0.25, 0.3) is 0 Å². The lowest BCUT2D eigenvalue weighted by Gasteiger charge is -2.40. The smallest absolute Gasteiger partial charge is 0.0678 e. The van der Waals surface area contributed by atoms with Crippen LogP contribution >= 0.6 is 0 Å². The van der Waals surface area contributed by atoms with Crippen molar-refractivity contribution in [2.45, 2.75) is 32.5 Å². The maximum absolute atomic E-state index is 5.92. The summed E-state index contributed by atoms with van der Waals surface area (Å²) in [6.45, 7) is 9.80. The second kappa shape index (κ2) is 5.00. The van der Waals surface area contributed by atoms with Crippen molar-refractivity contribution in [1.82, 2.24) is 4.90 Å². The average molecular weight is 228 g/mol. The van der Waals surface area contributed by atoms with Crippen LogP contribution in [0.5, 0.6) is 0 Å². The van der Waals surface area contributed by atoms with Crippen LogP contribution in [0.15, 0.2) is 0 Å². The zero-order chi connectivity index (χ0) is 11.6. The summed E-state index contributed by atoms with van der Waals surface area (Å²) in [4.78, 5) is 2.49. The topological polar surface area (TPSA) is 47.7 Å². The van der Waals surface area contributed by atoms with E-state index in [1.165, 1.54) is 0 Å². The fraction of sp³-hybridized carbons (Fsp3) is 1.00. The standard InChI is InChI=1S/C12H24N2O2/c1-10-5-14(6-11(2)16-10)8-12(7-13)3-4-15-9-12/h10-11H,3-9,13H2,1-2H3/t10-,11+,12?. The SMILES string of the molecule is C[C@@H]1CN(CC2(CN)CCOC2)C[C@H](C)O1. The molecule has 0 aromatic carbocycles. The van der Waals surface area contributed by atoms with Crippen LogP contribution in [0, 0.1) is 5.41 Å². The Morgan fingerprint density at radius 3 is 2.50 bits per heavy atom. The summed E-state index contributed by atoms with van der Waals surface area (Å²) >= 11 is 0. The number of ether oxygens (including phenoxy) is 2. The minimum absolute atomic E-state index is 0.191. The summed E-state index contributed by atoms with van der Waals surface area (Å²) < 4.78 is 11.3. The molecule has 2 fully saturated rings. The van der Waals surface area contributed by atoms with Crippen molar-refractivity contribution >= 4 is 0 Å². The summed E-state index contributed by atoms with van der Waals surface area (Å²) in [6.07, 6.45) is 1.77. The van der Waals surface area contributed by atoms with E-state index in [1.807, 2.05) is 0 Å². The van der Waals surface area contributed by atoms with Crippen LogP contribution in [0.2, 0.25) is 0 Å². The first-order valence-corrected chi connectivity index (χ1v) is 6.29. The van der Waals surface area contributed by atoms with Gasteiger partial charge in [-0.25, -0.2) is 0 Å². The molecular weight excluding hydrogens is 204 g/mol. The zero-order valence-electron chi connectivity index (χ0n) is 10.4. The van der Waals surface area contributed by atoms with Crippen molar-refractivity contribution in [3.05, 3.63) is 0 Å². The predicted octanol–water partition coefficient (Wildman–Crippen LogP) is 0.461. The van der Waals surface area contributed by atoms with Crippen molar-refractivity contribution in [2.75, 3.05) is 39.4 Å². The van der Waals surface area contributed by atoms with Crippen molar-refractivity contribution in [1.29, 1.82) is 0 Å². The van der Waals surface area contributed by atoms with Crippen LogP contribution in [-0.4, -0.2) is 56.5 Å². The molecule has 0 amide bonds. The van der Waals surface area contributed by atoms with Crippen molar-refractivity contribution in [3.8, 4) is 0 Å². The largest absolute Gasteiger partial charge is 0.381 e. The molecule has 0 spiro atoms. The third-order valence-corrected chi connectivity index (χ3v) is 3.67. The number of morpholine rings is 1. The molecule has 2 saturated heterocycles. The molecule has 2 heterocycles. The monoisotopic (exact) mass is 228 g/mol. The molecule has 4 nitrogen and oxygen atoms in total. The minimum Gasteiger partial charge on any atom is -0.381 e. The molecule has 2 aliphatic heterocycles. The van der Waals surface area contributed by atoms with E-state index in [0.29, 0.717) is 12.2 Å². The first-order valence-electron chi connectivity index (χ1n) is 6.29. The molecule has 0 bridgehead atoms. The summed E-state index contributed by atoms with van der Waals surface area (Å²) in [5.41, 5.74) is 6.11. The van der Waals surface area contributed by atoms with Gasteiger partial charge < -0.3 is 15.2 Å². The Hall–Kier alpha value is -0.160. The molecule has 16 heavy (non-hydrogen) atoms. The van der Waals surface area contributed by atoms with Gasteiger partial charge >= 0.3 is 0 Å². The Labute approximate surface area is 98.1 Å². The lowest BCUT2D eigenvalue weighted by molar-refractivity contribution is -0.0775. The highest BCUT2D eigenvalue weighted by Gasteiger charge is 2.37. The third-order valence-electron chi connectivity index (χ3n) is 3.67. The number of rotatable bonds is 3. The fourth-order valence-corrected chi connectivity index (χ4v) is 2.89. The van der Waals surface area contributed by atoms with E-state index in [2.05, 4.69) is 18.7 Å². The van der Waals surface area contributed by atoms with Gasteiger partial charge in [-0.05, 0) is 20.3 Å². The Morgan fingerprint density at radius 2 is 2.00 bits per heavy atom. The second-order valence-electron chi connectivity index (χ2n) is 5.46. The van der Waals surface area contributed by atoms with Crippen molar-refractivity contribution in [3.63, 3.8) is 0 Å². The van der Waals surface area contributed by atoms with Gasteiger partial charge in [0.2, 0.25) is 0 Å². The lowest BCUT2D eigenvalue weighted by atomic mass is 9.86. The second-order valence-corrected chi connectivity index (χ2v) is 5.46. The number of nitrogens with two attached hydrogens (primary N) is 1. The molecule has 0 radical (unpaired) electrons. The van der Waals surface area contributed by atoms with Gasteiger partial charge in [-0.2, -0.15) is 0 Å². The number of hydrogen-bond acceptors (Lipinski definition) is 4. The van der Waals surface area contributed by atoms with Gasteiger partial charge in [0.25, 0.3) is 0 Å². The zero-order valence-corrected chi connectivity index (χ0v) is 10.4. The van der Waals surface area contributed by atoms with Crippen molar-refractivity contribution in [2.24, 2.45) is 11.1 Å². The Kier molecular flexibility index (Phi) is 3.85. The first kappa shape index (κ1) is 12.3. The van der Waals surface area contributed by atoms with E-state index in [-0.39, 0.29) is 5.41 Å². The Morgan fingerprint density at radius 1 is 1.31 bits per heavy atom. The number of nitrogens with zero attached hydrogens (tertiary/aromatic N) is 1. The predicted molar refractivity (Wildman–Crippen MR) is 63.4 cm³/mol. The van der Waals surface area contributed by atoms with Crippen LogP contribution in [0.1, 0.15) is 20.3 Å². The molecular formula is C12H24N2O2. The first-order chi connectivity index (χ1) is 7.63. The normalized spacial score (nSPS) is 41.4. The van der Waals surface area contributed by atoms with Crippen molar-refractivity contribution < 1.29 is 9.47 Å². The van der Waals surface area contributed by atoms with Gasteiger partial charge in [0.15, 0.2) is 0 Å². The fourth-order valence-electron chi connectivity index (χ4n) is 2.89. The molecule has 0 aliphatic carbocycles. The minimum atomic E-state index is 0.191. The molecule has 2 rings (SSSR count). The van der Waals surface area contributed by atoms with Crippen LogP contribution in [0.4, 0.5) is 0 Å². The van der Waals surface area contributed by atoms with E-state index >= 15 is 0 Å². The van der Waals surface area contributed by atoms with Gasteiger partial charge in [-0.1, -0.05) is 0 Å². The molecule has 0 aromatic heterocycles. The third kappa shape index (κ3) is 2.74. The quantitative estimate of drug-likeness (QED) is 0.762. The Balaban J connectivity index is 1.92. The lowest BCUT2D eigenvalue weighted by Crippen LogP contribution is -2.51. The van der Waals surface area contributed by atoms with E-state index in [4.69, 9.17) is 15.2 Å². The molecule has 2 aliphatic rings. The van der Waals surface area contributed by atoms with Gasteiger partial charge in [0.05, 0.1) is 18.8 Å². The summed E-state index contributed by atoms with van der Waals surface area (Å²) in [5, 5.41) is 0. The average Bonchev–Trinajstić information content (AvgIpc) is 2.65. The highest BCUT2D eigenvalue weighted by molar-refractivity contribution is 4.89. The summed E-state index contributed by atoms with van der Waals surface area (Å²) in [5.74, 6) is 0. The number of hydrogen-bond donors (Lipinski definition) is 1. The summed E-state index contributed by atoms with van der Waals surface area (Å²) in [6, 6.07) is 0. The van der Waals surface area contributed by atoms with E-state index in [1.54, 1.807) is 0 Å². The molecule has 2 N–H and O–H groups in total. The molecule has 3 atom stereocenters. The highest BCUT2D eigenvalue weighted by atomic mass is 16.5. The maximum atomic E-state index is 5.92. The van der Waals surface area contributed by atoms with E-state index in [0.717, 1.165) is 45.8 Å². The van der Waals surface area contributed by atoms with Gasteiger partial charge in [-0.15, -0.1) is 0 Å². The molecule has 4 heteroatoms. The van der Waals surface area contributed by atoms with Gasteiger partial charge in [-0.3, -0.25) is 4.90 Å². The maximum Gasteiger partial charge on any atom is 0.0678 e. The highest BCUT2D eigenvalue weighted by Crippen LogP contribution is 2.29. The molecule has 1 unspecified atom stereocenters. The molecule has 0 aromatic rings. The molecule has 94 valence electrons. The summed E-state index contributed by atoms with van der Waals surface area (Å²) in [7, 11) is 0. The van der Waals surface area contributed by atoms with E-state index < -0.39 is 0 Å². The van der Waals surface area contributed by atoms with Crippen LogP contribution < -0.4 is 5.73 Å². The van der Waals surface area contributed by atoms with Gasteiger partial charge in [0.1, 0.15) is 0 Å². The van der Waals surface area contributed by atoms with Crippen LogP contribution in [0.3, 0.4) is 0 Å². The Bertz CT molecular complexity index is 219. The van der Waals surface area contributed by atoms with Gasteiger partial charge in [0, 0.05) is 38.2 Å². The van der Waals surface area contributed by atoms with Crippen LogP contribution in [-0.2, 0) is 9.47 Å². The van der Waals surface area contributed by atoms with E-state index in [9.17, 15) is 0 Å². The molecule has 0 saturated carbocycles.